The Morgan fingerprint density at radius 2 is 2.30 bits per heavy atom. The van der Waals surface area contributed by atoms with E-state index in [1.54, 1.807) is 0 Å². The largest absolute Gasteiger partial charge is 0.379 e. The Bertz CT molecular complexity index is 597. The Morgan fingerprint density at radius 3 is 3.00 bits per heavy atom. The quantitative estimate of drug-likeness (QED) is 0.933. The lowest BCUT2D eigenvalue weighted by atomic mass is 10.2. The molecule has 0 bridgehead atoms. The molecule has 1 fully saturated rings. The number of nitrogens with zero attached hydrogens (tertiary/aromatic N) is 2. The van der Waals surface area contributed by atoms with Crippen molar-refractivity contribution in [3.05, 3.63) is 29.6 Å². The summed E-state index contributed by atoms with van der Waals surface area (Å²) in [6, 6.07) is 7.31. The normalized spacial score (nSPS) is 19.9. The molecule has 1 saturated heterocycles. The van der Waals surface area contributed by atoms with Crippen molar-refractivity contribution in [2.75, 3.05) is 19.8 Å². The van der Waals surface area contributed by atoms with Gasteiger partial charge in [0.05, 0.1) is 24.2 Å². The summed E-state index contributed by atoms with van der Waals surface area (Å²) < 4.78 is 7.90. The highest BCUT2D eigenvalue weighted by Crippen LogP contribution is 2.23. The second kappa shape index (κ2) is 5.54. The van der Waals surface area contributed by atoms with Gasteiger partial charge in [-0.1, -0.05) is 6.07 Å². The summed E-state index contributed by atoms with van der Waals surface area (Å²) >= 11 is 0. The molecule has 1 aromatic heterocycles. The molecule has 3 rings (SSSR count). The molecule has 0 saturated carbocycles. The number of aromatic nitrogens is 2. The Kier molecular flexibility index (Phi) is 3.76. The van der Waals surface area contributed by atoms with Crippen molar-refractivity contribution in [3.8, 4) is 0 Å². The van der Waals surface area contributed by atoms with Gasteiger partial charge >= 0.3 is 0 Å². The number of ether oxygens (including phenoxy) is 1. The van der Waals surface area contributed by atoms with E-state index in [1.165, 1.54) is 11.1 Å². The predicted octanol–water partition coefficient (Wildman–Crippen LogP) is 2.46. The summed E-state index contributed by atoms with van der Waals surface area (Å²) in [4.78, 5) is 4.86. The van der Waals surface area contributed by atoms with E-state index in [0.29, 0.717) is 12.1 Å². The SMILES string of the molecule is Cc1ccc2c(c1)nc(CC1COCCN1)n2C(C)C. The van der Waals surface area contributed by atoms with Gasteiger partial charge in [0.15, 0.2) is 0 Å². The van der Waals surface area contributed by atoms with Crippen LogP contribution >= 0.6 is 0 Å². The van der Waals surface area contributed by atoms with Crippen LogP contribution in [0.25, 0.3) is 11.0 Å². The zero-order chi connectivity index (χ0) is 14.1. The van der Waals surface area contributed by atoms with E-state index >= 15 is 0 Å². The molecule has 1 unspecified atom stereocenters. The molecule has 2 aromatic rings. The minimum atomic E-state index is 0.374. The van der Waals surface area contributed by atoms with E-state index in [1.807, 2.05) is 0 Å². The van der Waals surface area contributed by atoms with Crippen molar-refractivity contribution in [1.29, 1.82) is 0 Å². The molecule has 0 aliphatic carbocycles. The highest BCUT2D eigenvalue weighted by molar-refractivity contribution is 5.77. The van der Waals surface area contributed by atoms with Crippen LogP contribution < -0.4 is 5.32 Å². The summed E-state index contributed by atoms with van der Waals surface area (Å²) in [7, 11) is 0. The number of hydrogen-bond acceptors (Lipinski definition) is 3. The van der Waals surface area contributed by atoms with Crippen LogP contribution in [0.1, 0.15) is 31.3 Å². The first-order chi connectivity index (χ1) is 9.65. The molecule has 20 heavy (non-hydrogen) atoms. The molecule has 1 aliphatic heterocycles. The molecule has 2 heterocycles. The van der Waals surface area contributed by atoms with Crippen molar-refractivity contribution in [1.82, 2.24) is 14.9 Å². The first-order valence-corrected chi connectivity index (χ1v) is 7.43. The maximum absolute atomic E-state index is 5.55. The summed E-state index contributed by atoms with van der Waals surface area (Å²) in [6.45, 7) is 9.08. The zero-order valence-electron chi connectivity index (χ0n) is 12.5. The van der Waals surface area contributed by atoms with Gasteiger partial charge in [0.1, 0.15) is 5.82 Å². The van der Waals surface area contributed by atoms with E-state index in [0.717, 1.165) is 37.5 Å². The van der Waals surface area contributed by atoms with Crippen LogP contribution in [0.4, 0.5) is 0 Å². The molecule has 0 spiro atoms. The Balaban J connectivity index is 1.97. The van der Waals surface area contributed by atoms with Crippen LogP contribution in [0.2, 0.25) is 0 Å². The first-order valence-electron chi connectivity index (χ1n) is 7.43. The van der Waals surface area contributed by atoms with Crippen LogP contribution in [-0.2, 0) is 11.2 Å². The summed E-state index contributed by atoms with van der Waals surface area (Å²) in [5, 5.41) is 3.51. The maximum Gasteiger partial charge on any atom is 0.111 e. The van der Waals surface area contributed by atoms with Crippen molar-refractivity contribution in [2.24, 2.45) is 0 Å². The number of nitrogens with one attached hydrogen (secondary N) is 1. The Morgan fingerprint density at radius 1 is 1.45 bits per heavy atom. The minimum absolute atomic E-state index is 0.374. The van der Waals surface area contributed by atoms with Crippen molar-refractivity contribution in [3.63, 3.8) is 0 Å². The van der Waals surface area contributed by atoms with Gasteiger partial charge in [-0.15, -0.1) is 0 Å². The number of fused-ring (bicyclic) bond motifs is 1. The topological polar surface area (TPSA) is 39.1 Å². The molecular formula is C16H23N3O. The fourth-order valence-electron chi connectivity index (χ4n) is 2.95. The molecule has 4 nitrogen and oxygen atoms in total. The van der Waals surface area contributed by atoms with Gasteiger partial charge in [-0.2, -0.15) is 0 Å². The van der Waals surface area contributed by atoms with E-state index < -0.39 is 0 Å². The van der Waals surface area contributed by atoms with E-state index in [9.17, 15) is 0 Å². The third-order valence-corrected chi connectivity index (χ3v) is 3.86. The van der Waals surface area contributed by atoms with Gasteiger partial charge in [-0.3, -0.25) is 0 Å². The molecule has 1 N–H and O–H groups in total. The van der Waals surface area contributed by atoms with Crippen LogP contribution in [-0.4, -0.2) is 35.4 Å². The second-order valence-corrected chi connectivity index (χ2v) is 5.91. The fourth-order valence-corrected chi connectivity index (χ4v) is 2.95. The number of aryl methyl sites for hydroxylation is 1. The van der Waals surface area contributed by atoms with Crippen molar-refractivity contribution in [2.45, 2.75) is 39.3 Å². The van der Waals surface area contributed by atoms with Gasteiger partial charge in [0, 0.05) is 25.0 Å². The van der Waals surface area contributed by atoms with Crippen LogP contribution in [0, 0.1) is 6.92 Å². The lowest BCUT2D eigenvalue weighted by Gasteiger charge is -2.24. The number of hydrogen-bond donors (Lipinski definition) is 1. The molecule has 0 radical (unpaired) electrons. The van der Waals surface area contributed by atoms with Crippen molar-refractivity contribution < 1.29 is 4.74 Å². The third-order valence-electron chi connectivity index (χ3n) is 3.86. The second-order valence-electron chi connectivity index (χ2n) is 5.91. The Hall–Kier alpha value is -1.39. The monoisotopic (exact) mass is 273 g/mol. The predicted molar refractivity (Wildman–Crippen MR) is 81.2 cm³/mol. The maximum atomic E-state index is 5.55. The fraction of sp³-hybridized carbons (Fsp3) is 0.562. The molecule has 4 heteroatoms. The molecule has 0 amide bonds. The molecular weight excluding hydrogens is 250 g/mol. The summed E-state index contributed by atoms with van der Waals surface area (Å²) in [6.07, 6.45) is 0.923. The average molecular weight is 273 g/mol. The van der Waals surface area contributed by atoms with Crippen LogP contribution in [0.3, 0.4) is 0 Å². The third kappa shape index (κ3) is 2.58. The number of rotatable bonds is 3. The summed E-state index contributed by atoms with van der Waals surface area (Å²) in [5.41, 5.74) is 3.60. The number of benzene rings is 1. The molecule has 1 atom stereocenters. The highest BCUT2D eigenvalue weighted by Gasteiger charge is 2.19. The van der Waals surface area contributed by atoms with E-state index in [-0.39, 0.29) is 0 Å². The number of morpholine rings is 1. The summed E-state index contributed by atoms with van der Waals surface area (Å²) in [5.74, 6) is 1.16. The van der Waals surface area contributed by atoms with Gasteiger partial charge in [0.25, 0.3) is 0 Å². The Labute approximate surface area is 120 Å². The van der Waals surface area contributed by atoms with Crippen LogP contribution in [0.5, 0.6) is 0 Å². The van der Waals surface area contributed by atoms with E-state index in [2.05, 4.69) is 48.9 Å². The standard InChI is InChI=1S/C16H23N3O/c1-11(2)19-15-5-4-12(3)8-14(15)18-16(19)9-13-10-20-7-6-17-13/h4-5,8,11,13,17H,6-7,9-10H2,1-3H3. The van der Waals surface area contributed by atoms with Crippen LogP contribution in [0.15, 0.2) is 18.2 Å². The average Bonchev–Trinajstić information content (AvgIpc) is 2.76. The van der Waals surface area contributed by atoms with Gasteiger partial charge < -0.3 is 14.6 Å². The highest BCUT2D eigenvalue weighted by atomic mass is 16.5. The zero-order valence-corrected chi connectivity index (χ0v) is 12.5. The van der Waals surface area contributed by atoms with E-state index in [4.69, 9.17) is 9.72 Å². The smallest absolute Gasteiger partial charge is 0.111 e. The lowest BCUT2D eigenvalue weighted by molar-refractivity contribution is 0.0761. The minimum Gasteiger partial charge on any atom is -0.379 e. The lowest BCUT2D eigenvalue weighted by Crippen LogP contribution is -2.43. The van der Waals surface area contributed by atoms with Gasteiger partial charge in [-0.25, -0.2) is 4.98 Å². The van der Waals surface area contributed by atoms with Crippen molar-refractivity contribution >= 4 is 11.0 Å². The first kappa shape index (κ1) is 13.6. The molecule has 1 aliphatic rings. The number of imidazole rings is 1. The van der Waals surface area contributed by atoms with Gasteiger partial charge in [0.2, 0.25) is 0 Å². The van der Waals surface area contributed by atoms with Gasteiger partial charge in [-0.05, 0) is 38.5 Å². The molecule has 1 aromatic carbocycles. The molecule has 108 valence electrons.